The molecule has 204 valence electrons. The number of alkyl halides is 3. The second-order valence-electron chi connectivity index (χ2n) is 9.28. The van der Waals surface area contributed by atoms with E-state index in [1.165, 1.54) is 43.6 Å². The van der Waals surface area contributed by atoms with Gasteiger partial charge in [0.2, 0.25) is 5.88 Å². The molecule has 1 aromatic carbocycles. The molecule has 3 N–H and O–H groups in total. The zero-order valence-electron chi connectivity index (χ0n) is 20.7. The number of pyridine rings is 1. The number of aromatic nitrogens is 4. The number of nitrogens with two attached hydrogens (primary N) is 1. The van der Waals surface area contributed by atoms with Gasteiger partial charge in [-0.25, -0.2) is 18.9 Å². The number of aliphatic hydroxyl groups is 1. The van der Waals surface area contributed by atoms with Gasteiger partial charge in [-0.3, -0.25) is 4.79 Å². The van der Waals surface area contributed by atoms with Crippen LogP contribution in [-0.4, -0.2) is 55.7 Å². The highest BCUT2D eigenvalue weighted by Crippen LogP contribution is 2.39. The Bertz CT molecular complexity index is 1520. The van der Waals surface area contributed by atoms with Crippen molar-refractivity contribution in [1.82, 2.24) is 24.5 Å². The van der Waals surface area contributed by atoms with Crippen LogP contribution in [0.25, 0.3) is 16.8 Å². The van der Waals surface area contributed by atoms with Crippen molar-refractivity contribution in [3.05, 3.63) is 71.4 Å². The minimum Gasteiger partial charge on any atom is -0.480 e. The lowest BCUT2D eigenvalue weighted by Gasteiger charge is -2.35. The molecular weight excluding hydrogens is 520 g/mol. The first kappa shape index (κ1) is 26.4. The summed E-state index contributed by atoms with van der Waals surface area (Å²) >= 11 is 0. The number of anilines is 1. The van der Waals surface area contributed by atoms with Gasteiger partial charge in [0.1, 0.15) is 23.2 Å². The van der Waals surface area contributed by atoms with Crippen molar-refractivity contribution in [3.63, 3.8) is 0 Å². The lowest BCUT2D eigenvalue weighted by molar-refractivity contribution is -0.136. The Morgan fingerprint density at radius 1 is 1.21 bits per heavy atom. The second kappa shape index (κ2) is 10.1. The number of likely N-dealkylation sites (tertiary alicyclic amines) is 1. The zero-order valence-corrected chi connectivity index (χ0v) is 20.7. The summed E-state index contributed by atoms with van der Waals surface area (Å²) in [7, 11) is 1.33. The lowest BCUT2D eigenvalue weighted by atomic mass is 9.88. The monoisotopic (exact) mass is 544 g/mol. The molecule has 0 saturated carbocycles. The summed E-state index contributed by atoms with van der Waals surface area (Å²) in [5.74, 6) is -1.53. The number of amides is 1. The molecule has 1 aliphatic heterocycles. The standard InChI is InChI=1S/C26H24F4N6O3/c1-39-24-18(25(38)35-8-2-3-15(12-35)22(37)14-4-6-17(27)7-5-14)9-16(11-32-24)20-10-19(26(28,29)30)21-23(31)33-13-34-36(20)21/h4-7,9-11,13,15,22,37H,2-3,8,12H2,1H3,(H2,31,33,34). The molecule has 3 aromatic heterocycles. The Labute approximate surface area is 219 Å². The van der Waals surface area contributed by atoms with Crippen molar-refractivity contribution in [3.8, 4) is 17.1 Å². The number of carbonyl (C=O) groups is 1. The third-order valence-corrected chi connectivity index (χ3v) is 6.86. The van der Waals surface area contributed by atoms with Crippen molar-refractivity contribution < 1.29 is 32.2 Å². The van der Waals surface area contributed by atoms with Crippen LogP contribution in [0.5, 0.6) is 5.88 Å². The van der Waals surface area contributed by atoms with Gasteiger partial charge in [-0.1, -0.05) is 12.1 Å². The average molecular weight is 545 g/mol. The molecular formula is C26H24F4N6O3. The van der Waals surface area contributed by atoms with E-state index in [0.717, 1.165) is 16.9 Å². The van der Waals surface area contributed by atoms with Gasteiger partial charge in [0.05, 0.1) is 24.5 Å². The van der Waals surface area contributed by atoms with E-state index in [0.29, 0.717) is 24.9 Å². The van der Waals surface area contributed by atoms with Gasteiger partial charge in [-0.2, -0.15) is 18.3 Å². The molecule has 2 atom stereocenters. The van der Waals surface area contributed by atoms with Crippen molar-refractivity contribution in [2.24, 2.45) is 5.92 Å². The highest BCUT2D eigenvalue weighted by atomic mass is 19.4. The van der Waals surface area contributed by atoms with Crippen LogP contribution in [0.15, 0.2) is 48.9 Å². The molecule has 0 radical (unpaired) electrons. The maximum absolute atomic E-state index is 13.8. The van der Waals surface area contributed by atoms with Crippen molar-refractivity contribution in [2.75, 3.05) is 25.9 Å². The number of benzene rings is 1. The second-order valence-corrected chi connectivity index (χ2v) is 9.28. The highest BCUT2D eigenvalue weighted by molar-refractivity contribution is 5.97. The Morgan fingerprint density at radius 3 is 2.64 bits per heavy atom. The molecule has 1 amide bonds. The molecule has 5 rings (SSSR count). The number of aliphatic hydroxyl groups excluding tert-OH is 1. The number of halogens is 4. The number of nitrogens with zero attached hydrogens (tertiary/aromatic N) is 5. The Kier molecular flexibility index (Phi) is 6.85. The summed E-state index contributed by atoms with van der Waals surface area (Å²) in [6, 6.07) is 7.82. The average Bonchev–Trinajstić information content (AvgIpc) is 3.34. The van der Waals surface area contributed by atoms with Crippen LogP contribution < -0.4 is 10.5 Å². The zero-order chi connectivity index (χ0) is 27.9. The fourth-order valence-electron chi connectivity index (χ4n) is 4.95. The third-order valence-electron chi connectivity index (χ3n) is 6.86. The summed E-state index contributed by atoms with van der Waals surface area (Å²) in [6.07, 6.45) is -2.06. The summed E-state index contributed by atoms with van der Waals surface area (Å²) in [5, 5.41) is 14.8. The normalized spacial score (nSPS) is 16.9. The minimum absolute atomic E-state index is 0.00370. The quantitative estimate of drug-likeness (QED) is 0.363. The van der Waals surface area contributed by atoms with E-state index >= 15 is 0 Å². The van der Waals surface area contributed by atoms with Gasteiger partial charge < -0.3 is 20.5 Å². The smallest absolute Gasteiger partial charge is 0.418 e. The predicted octanol–water partition coefficient (Wildman–Crippen LogP) is 4.13. The van der Waals surface area contributed by atoms with Crippen LogP contribution in [0, 0.1) is 11.7 Å². The van der Waals surface area contributed by atoms with Crippen LogP contribution in [0.3, 0.4) is 0 Å². The van der Waals surface area contributed by atoms with E-state index in [9.17, 15) is 27.5 Å². The van der Waals surface area contributed by atoms with Crippen molar-refractivity contribution >= 4 is 17.2 Å². The van der Waals surface area contributed by atoms with E-state index in [1.807, 2.05) is 0 Å². The van der Waals surface area contributed by atoms with Crippen LogP contribution in [0.2, 0.25) is 0 Å². The summed E-state index contributed by atoms with van der Waals surface area (Å²) in [5.41, 5.74) is 5.10. The first-order valence-corrected chi connectivity index (χ1v) is 12.0. The van der Waals surface area contributed by atoms with Crippen LogP contribution in [-0.2, 0) is 6.18 Å². The summed E-state index contributed by atoms with van der Waals surface area (Å²) in [4.78, 5) is 23.0. The number of rotatable bonds is 5. The number of hydrogen-bond donors (Lipinski definition) is 2. The maximum Gasteiger partial charge on any atom is 0.418 e. The fraction of sp³-hybridized carbons (Fsp3) is 0.308. The number of nitrogen functional groups attached to an aromatic ring is 1. The largest absolute Gasteiger partial charge is 0.480 e. The van der Waals surface area contributed by atoms with Gasteiger partial charge >= 0.3 is 6.18 Å². The molecule has 13 heteroatoms. The molecule has 0 bridgehead atoms. The number of carbonyl (C=O) groups excluding carboxylic acids is 1. The van der Waals surface area contributed by atoms with E-state index in [2.05, 4.69) is 15.1 Å². The Hall–Kier alpha value is -4.26. The maximum atomic E-state index is 13.8. The SMILES string of the molecule is COc1ncc(-c2cc(C(F)(F)F)c3c(N)ncnn23)cc1C(=O)N1CCCC(C(O)c2ccc(F)cc2)C1. The van der Waals surface area contributed by atoms with E-state index < -0.39 is 35.1 Å². The van der Waals surface area contributed by atoms with Gasteiger partial charge in [0.15, 0.2) is 5.82 Å². The minimum atomic E-state index is -4.73. The molecule has 4 aromatic rings. The third kappa shape index (κ3) is 4.97. The van der Waals surface area contributed by atoms with E-state index in [-0.39, 0.29) is 41.0 Å². The van der Waals surface area contributed by atoms with E-state index in [4.69, 9.17) is 10.5 Å². The van der Waals surface area contributed by atoms with Gasteiger partial charge in [0.25, 0.3) is 5.91 Å². The lowest BCUT2D eigenvalue weighted by Crippen LogP contribution is -2.41. The number of methoxy groups -OCH3 is 1. The molecule has 1 saturated heterocycles. The van der Waals surface area contributed by atoms with E-state index in [1.54, 1.807) is 4.90 Å². The Balaban J connectivity index is 1.49. The van der Waals surface area contributed by atoms with Crippen LogP contribution in [0.4, 0.5) is 23.4 Å². The van der Waals surface area contributed by atoms with Gasteiger partial charge in [-0.15, -0.1) is 0 Å². The van der Waals surface area contributed by atoms with Crippen LogP contribution >= 0.6 is 0 Å². The Morgan fingerprint density at radius 2 is 1.95 bits per heavy atom. The topological polar surface area (TPSA) is 119 Å². The molecule has 1 aliphatic rings. The fourth-order valence-corrected chi connectivity index (χ4v) is 4.95. The number of fused-ring (bicyclic) bond motifs is 1. The number of hydrogen-bond acceptors (Lipinski definition) is 7. The molecule has 9 nitrogen and oxygen atoms in total. The first-order valence-electron chi connectivity index (χ1n) is 12.0. The molecule has 1 fully saturated rings. The first-order chi connectivity index (χ1) is 18.6. The van der Waals surface area contributed by atoms with Gasteiger partial charge in [-0.05, 0) is 42.7 Å². The summed E-state index contributed by atoms with van der Waals surface area (Å²) < 4.78 is 61.0. The highest BCUT2D eigenvalue weighted by Gasteiger charge is 2.37. The van der Waals surface area contributed by atoms with Gasteiger partial charge in [0, 0.05) is 30.8 Å². The summed E-state index contributed by atoms with van der Waals surface area (Å²) in [6.45, 7) is 0.607. The molecule has 2 unspecified atom stereocenters. The predicted molar refractivity (Wildman–Crippen MR) is 132 cm³/mol. The number of piperidine rings is 1. The molecule has 39 heavy (non-hydrogen) atoms. The number of ether oxygens (including phenoxy) is 1. The molecule has 0 spiro atoms. The van der Waals surface area contributed by atoms with Crippen molar-refractivity contribution in [1.29, 1.82) is 0 Å². The molecule has 0 aliphatic carbocycles. The van der Waals surface area contributed by atoms with Crippen LogP contribution in [0.1, 0.15) is 40.4 Å². The van der Waals surface area contributed by atoms with Crippen molar-refractivity contribution in [2.45, 2.75) is 25.1 Å². The molecule has 4 heterocycles.